The maximum absolute atomic E-state index is 13.4. The zero-order valence-corrected chi connectivity index (χ0v) is 19.4. The van der Waals surface area contributed by atoms with Crippen LogP contribution in [0.25, 0.3) is 22.1 Å². The summed E-state index contributed by atoms with van der Waals surface area (Å²) in [5.41, 5.74) is 3.59. The molecule has 1 amide bonds. The molecule has 2 aromatic carbocycles. The Kier molecular flexibility index (Phi) is 5.69. The number of nitrogens with zero attached hydrogens (tertiary/aromatic N) is 5. The van der Waals surface area contributed by atoms with Crippen LogP contribution in [0.2, 0.25) is 5.02 Å². The highest BCUT2D eigenvalue weighted by Gasteiger charge is 2.19. The van der Waals surface area contributed by atoms with Crippen LogP contribution < -0.4 is 16.4 Å². The molecule has 3 aromatic heterocycles. The van der Waals surface area contributed by atoms with E-state index in [-0.39, 0.29) is 17.3 Å². The minimum Gasteiger partial charge on any atom is -0.408 e. The lowest BCUT2D eigenvalue weighted by molar-refractivity contribution is 0.0947. The molecule has 2 N–H and O–H groups in total. The van der Waals surface area contributed by atoms with E-state index in [1.807, 2.05) is 0 Å². The number of anilines is 1. The van der Waals surface area contributed by atoms with Gasteiger partial charge in [-0.2, -0.15) is 5.10 Å². The standard InChI is InChI=1S/C23H19ClFN7O3/c1-31-16-8-13(4-6-17(16)35-23(31)34)10-27-22(33)20-18-19(28-11-29-20)21(32(2)30-18)26-9-12-3-5-15(25)14(24)7-12/h3-8,11,26H,9-10H2,1-2H3,(H,27,33). The predicted molar refractivity (Wildman–Crippen MR) is 128 cm³/mol. The number of aromatic nitrogens is 5. The van der Waals surface area contributed by atoms with E-state index in [9.17, 15) is 14.0 Å². The molecule has 0 fully saturated rings. The van der Waals surface area contributed by atoms with E-state index < -0.39 is 17.5 Å². The minimum absolute atomic E-state index is 0.0367. The van der Waals surface area contributed by atoms with E-state index in [2.05, 4.69) is 25.7 Å². The topological polar surface area (TPSA) is 120 Å². The number of fused-ring (bicyclic) bond motifs is 2. The molecule has 0 radical (unpaired) electrons. The Morgan fingerprint density at radius 3 is 2.66 bits per heavy atom. The largest absolute Gasteiger partial charge is 0.419 e. The monoisotopic (exact) mass is 495 g/mol. The van der Waals surface area contributed by atoms with Crippen LogP contribution in [0.1, 0.15) is 21.6 Å². The van der Waals surface area contributed by atoms with Gasteiger partial charge in [0.2, 0.25) is 0 Å². The van der Waals surface area contributed by atoms with Crippen LogP contribution in [-0.2, 0) is 27.2 Å². The Morgan fingerprint density at radius 1 is 1.09 bits per heavy atom. The molecule has 12 heteroatoms. The molecule has 0 unspecified atom stereocenters. The molecule has 0 spiro atoms. The number of carbonyl (C=O) groups is 1. The molecule has 0 saturated carbocycles. The molecule has 10 nitrogen and oxygen atoms in total. The van der Waals surface area contributed by atoms with E-state index in [1.54, 1.807) is 43.0 Å². The van der Waals surface area contributed by atoms with Crippen molar-refractivity contribution in [2.45, 2.75) is 13.1 Å². The Labute approximate surface area is 202 Å². The summed E-state index contributed by atoms with van der Waals surface area (Å²) in [7, 11) is 3.33. The van der Waals surface area contributed by atoms with Gasteiger partial charge in [0, 0.05) is 27.2 Å². The number of amides is 1. The van der Waals surface area contributed by atoms with Crippen molar-refractivity contribution >= 4 is 45.5 Å². The van der Waals surface area contributed by atoms with Gasteiger partial charge in [-0.1, -0.05) is 23.7 Å². The fourth-order valence-electron chi connectivity index (χ4n) is 3.75. The fourth-order valence-corrected chi connectivity index (χ4v) is 3.95. The third kappa shape index (κ3) is 4.21. The van der Waals surface area contributed by atoms with Crippen molar-refractivity contribution in [3.8, 4) is 0 Å². The Bertz CT molecular complexity index is 1660. The second-order valence-corrected chi connectivity index (χ2v) is 8.31. The molecular formula is C23H19ClFN7O3. The Hall–Kier alpha value is -4.25. The zero-order chi connectivity index (χ0) is 24.7. The summed E-state index contributed by atoms with van der Waals surface area (Å²) in [6.07, 6.45) is 1.30. The molecular weight excluding hydrogens is 477 g/mol. The highest BCUT2D eigenvalue weighted by molar-refractivity contribution is 6.30. The molecule has 0 aliphatic carbocycles. The lowest BCUT2D eigenvalue weighted by atomic mass is 10.2. The van der Waals surface area contributed by atoms with Gasteiger partial charge in [-0.15, -0.1) is 0 Å². The van der Waals surface area contributed by atoms with Gasteiger partial charge >= 0.3 is 5.76 Å². The summed E-state index contributed by atoms with van der Waals surface area (Å²) in [5, 5.41) is 10.5. The van der Waals surface area contributed by atoms with Crippen molar-refractivity contribution in [2.24, 2.45) is 14.1 Å². The quantitative estimate of drug-likeness (QED) is 0.371. The molecule has 3 heterocycles. The van der Waals surface area contributed by atoms with E-state index >= 15 is 0 Å². The van der Waals surface area contributed by atoms with Gasteiger partial charge in [0.05, 0.1) is 10.5 Å². The number of nitrogens with one attached hydrogen (secondary N) is 2. The number of carbonyl (C=O) groups excluding carboxylic acids is 1. The van der Waals surface area contributed by atoms with Crippen LogP contribution in [-0.4, -0.2) is 30.2 Å². The lowest BCUT2D eigenvalue weighted by Crippen LogP contribution is -2.24. The second-order valence-electron chi connectivity index (χ2n) is 7.91. The number of hydrogen-bond donors (Lipinski definition) is 2. The first-order valence-electron chi connectivity index (χ1n) is 10.5. The summed E-state index contributed by atoms with van der Waals surface area (Å²) in [4.78, 5) is 33.1. The highest BCUT2D eigenvalue weighted by Crippen LogP contribution is 2.24. The number of hydrogen-bond acceptors (Lipinski definition) is 7. The summed E-state index contributed by atoms with van der Waals surface area (Å²) in [6, 6.07) is 9.70. The zero-order valence-electron chi connectivity index (χ0n) is 18.7. The van der Waals surface area contributed by atoms with Gasteiger partial charge in [0.1, 0.15) is 23.2 Å². The normalized spacial score (nSPS) is 11.3. The molecule has 35 heavy (non-hydrogen) atoms. The molecule has 178 valence electrons. The molecule has 0 saturated heterocycles. The average molecular weight is 496 g/mol. The van der Waals surface area contributed by atoms with E-state index in [4.69, 9.17) is 16.0 Å². The van der Waals surface area contributed by atoms with Crippen LogP contribution in [0.15, 0.2) is 51.9 Å². The van der Waals surface area contributed by atoms with E-state index in [0.29, 0.717) is 34.5 Å². The third-order valence-corrected chi connectivity index (χ3v) is 5.88. The Morgan fingerprint density at radius 2 is 1.86 bits per heavy atom. The predicted octanol–water partition coefficient (Wildman–Crippen LogP) is 3.14. The number of rotatable bonds is 6. The summed E-state index contributed by atoms with van der Waals surface area (Å²) >= 11 is 5.86. The van der Waals surface area contributed by atoms with E-state index in [1.165, 1.54) is 23.0 Å². The van der Waals surface area contributed by atoms with Crippen molar-refractivity contribution in [2.75, 3.05) is 5.32 Å². The maximum Gasteiger partial charge on any atom is 0.419 e. The molecule has 0 aliphatic heterocycles. The van der Waals surface area contributed by atoms with Crippen LogP contribution in [0.5, 0.6) is 0 Å². The van der Waals surface area contributed by atoms with Crippen LogP contribution in [0, 0.1) is 5.82 Å². The number of aryl methyl sites for hydroxylation is 2. The summed E-state index contributed by atoms with van der Waals surface area (Å²) in [5.74, 6) is -0.790. The maximum atomic E-state index is 13.4. The van der Waals surface area contributed by atoms with Crippen LogP contribution in [0.3, 0.4) is 0 Å². The van der Waals surface area contributed by atoms with Crippen molar-refractivity contribution in [1.29, 1.82) is 0 Å². The van der Waals surface area contributed by atoms with Crippen LogP contribution in [0.4, 0.5) is 10.2 Å². The molecule has 0 aliphatic rings. The van der Waals surface area contributed by atoms with E-state index in [0.717, 1.165) is 11.1 Å². The Balaban J connectivity index is 1.35. The van der Waals surface area contributed by atoms with Gasteiger partial charge in [-0.25, -0.2) is 19.2 Å². The molecule has 0 bridgehead atoms. The number of oxazole rings is 1. The fraction of sp³-hybridized carbons (Fsp3) is 0.174. The van der Waals surface area contributed by atoms with Crippen molar-refractivity contribution in [3.63, 3.8) is 0 Å². The van der Waals surface area contributed by atoms with Crippen molar-refractivity contribution < 1.29 is 13.6 Å². The van der Waals surface area contributed by atoms with Crippen LogP contribution >= 0.6 is 11.6 Å². The van der Waals surface area contributed by atoms with Crippen molar-refractivity contribution in [1.82, 2.24) is 29.6 Å². The first-order valence-corrected chi connectivity index (χ1v) is 10.9. The summed E-state index contributed by atoms with van der Waals surface area (Å²) in [6.45, 7) is 0.558. The first kappa shape index (κ1) is 22.5. The number of benzene rings is 2. The third-order valence-electron chi connectivity index (χ3n) is 5.59. The second kappa shape index (κ2) is 8.84. The van der Waals surface area contributed by atoms with Gasteiger partial charge in [0.25, 0.3) is 5.91 Å². The highest BCUT2D eigenvalue weighted by atomic mass is 35.5. The van der Waals surface area contributed by atoms with Crippen molar-refractivity contribution in [3.05, 3.63) is 80.9 Å². The summed E-state index contributed by atoms with van der Waals surface area (Å²) < 4.78 is 21.5. The van der Waals surface area contributed by atoms with Gasteiger partial charge in [0.15, 0.2) is 17.1 Å². The smallest absolute Gasteiger partial charge is 0.408 e. The first-order chi connectivity index (χ1) is 16.8. The van der Waals surface area contributed by atoms with Gasteiger partial charge < -0.3 is 15.1 Å². The molecule has 5 rings (SSSR count). The lowest BCUT2D eigenvalue weighted by Gasteiger charge is -2.08. The number of halogens is 2. The molecule has 0 atom stereocenters. The van der Waals surface area contributed by atoms with Gasteiger partial charge in [-0.3, -0.25) is 14.0 Å². The minimum atomic E-state index is -0.487. The van der Waals surface area contributed by atoms with Gasteiger partial charge in [-0.05, 0) is 35.4 Å². The average Bonchev–Trinajstić information content (AvgIpc) is 3.32. The SMILES string of the molecule is Cn1nc2c(C(=O)NCc3ccc4oc(=O)n(C)c4c3)ncnc2c1NCc1ccc(F)c(Cl)c1. The molecule has 5 aromatic rings.